The zero-order valence-electron chi connectivity index (χ0n) is 12.0. The third kappa shape index (κ3) is 3.48. The van der Waals surface area contributed by atoms with Crippen LogP contribution in [-0.4, -0.2) is 5.11 Å². The predicted molar refractivity (Wildman–Crippen MR) is 85.5 cm³/mol. The zero-order chi connectivity index (χ0) is 15.5. The Bertz CT molecular complexity index is 652. The monoisotopic (exact) mass is 300 g/mol. The Balaban J connectivity index is 2.10. The Morgan fingerprint density at radius 2 is 1.86 bits per heavy atom. The number of hydrogen-bond donors (Lipinski definition) is 2. The number of benzene rings is 2. The van der Waals surface area contributed by atoms with Gasteiger partial charge in [-0.2, -0.15) is 5.26 Å². The van der Waals surface area contributed by atoms with Gasteiger partial charge in [0.15, 0.2) is 0 Å². The highest BCUT2D eigenvalue weighted by molar-refractivity contribution is 6.31. The van der Waals surface area contributed by atoms with Gasteiger partial charge in [-0.15, -0.1) is 0 Å². The molecule has 0 atom stereocenters. The Labute approximate surface area is 129 Å². The fourth-order valence-electron chi connectivity index (χ4n) is 1.98. The maximum Gasteiger partial charge on any atom is 0.122 e. The highest BCUT2D eigenvalue weighted by atomic mass is 35.5. The molecule has 0 heterocycles. The minimum Gasteiger partial charge on any atom is -0.508 e. The smallest absolute Gasteiger partial charge is 0.122 e. The summed E-state index contributed by atoms with van der Waals surface area (Å²) in [6, 6.07) is 15.0. The van der Waals surface area contributed by atoms with Gasteiger partial charge in [0.05, 0.1) is 11.5 Å². The van der Waals surface area contributed by atoms with E-state index in [9.17, 15) is 5.11 Å². The molecule has 3 nitrogen and oxygen atoms in total. The molecule has 0 aliphatic heterocycles. The first-order valence-electron chi connectivity index (χ1n) is 6.66. The SMILES string of the molecule is CC(C)(C#N)c1ccc(NCc2c(O)cccc2Cl)cc1. The second-order valence-electron chi connectivity index (χ2n) is 5.41. The number of rotatable bonds is 4. The van der Waals surface area contributed by atoms with E-state index in [0.29, 0.717) is 17.1 Å². The van der Waals surface area contributed by atoms with E-state index in [1.165, 1.54) is 0 Å². The first-order valence-corrected chi connectivity index (χ1v) is 7.04. The third-order valence-electron chi connectivity index (χ3n) is 3.45. The van der Waals surface area contributed by atoms with Gasteiger partial charge < -0.3 is 10.4 Å². The maximum atomic E-state index is 9.79. The molecule has 21 heavy (non-hydrogen) atoms. The first kappa shape index (κ1) is 15.2. The molecule has 2 N–H and O–H groups in total. The molecule has 4 heteroatoms. The van der Waals surface area contributed by atoms with Crippen molar-refractivity contribution < 1.29 is 5.11 Å². The molecule has 0 aromatic heterocycles. The normalized spacial score (nSPS) is 11.0. The molecule has 0 saturated heterocycles. The van der Waals surface area contributed by atoms with E-state index < -0.39 is 5.41 Å². The van der Waals surface area contributed by atoms with Crippen molar-refractivity contribution in [3.05, 3.63) is 58.6 Å². The number of phenols is 1. The van der Waals surface area contributed by atoms with Crippen LogP contribution in [0.5, 0.6) is 5.75 Å². The van der Waals surface area contributed by atoms with E-state index in [2.05, 4.69) is 11.4 Å². The molecule has 2 aromatic rings. The van der Waals surface area contributed by atoms with Crippen molar-refractivity contribution in [1.29, 1.82) is 5.26 Å². The Kier molecular flexibility index (Phi) is 4.40. The van der Waals surface area contributed by atoms with Crippen LogP contribution in [0.3, 0.4) is 0 Å². The summed E-state index contributed by atoms with van der Waals surface area (Å²) >= 11 is 6.06. The van der Waals surface area contributed by atoms with Gasteiger partial charge in [0, 0.05) is 22.8 Å². The number of anilines is 1. The lowest BCUT2D eigenvalue weighted by molar-refractivity contribution is 0.469. The fourth-order valence-corrected chi connectivity index (χ4v) is 2.22. The Morgan fingerprint density at radius 1 is 1.19 bits per heavy atom. The van der Waals surface area contributed by atoms with Crippen LogP contribution in [0.15, 0.2) is 42.5 Å². The van der Waals surface area contributed by atoms with Gasteiger partial charge >= 0.3 is 0 Å². The van der Waals surface area contributed by atoms with Gasteiger partial charge in [-0.3, -0.25) is 0 Å². The third-order valence-corrected chi connectivity index (χ3v) is 3.80. The Hall–Kier alpha value is -2.18. The molecule has 0 spiro atoms. The lowest BCUT2D eigenvalue weighted by Gasteiger charge is -2.16. The van der Waals surface area contributed by atoms with Gasteiger partial charge in [-0.05, 0) is 43.7 Å². The van der Waals surface area contributed by atoms with E-state index in [1.54, 1.807) is 18.2 Å². The highest BCUT2D eigenvalue weighted by Gasteiger charge is 2.19. The number of nitrogens with zero attached hydrogens (tertiary/aromatic N) is 1. The summed E-state index contributed by atoms with van der Waals surface area (Å²) in [6.07, 6.45) is 0. The van der Waals surface area contributed by atoms with E-state index in [1.807, 2.05) is 38.1 Å². The van der Waals surface area contributed by atoms with E-state index >= 15 is 0 Å². The number of aromatic hydroxyl groups is 1. The van der Waals surface area contributed by atoms with Crippen LogP contribution in [0, 0.1) is 11.3 Å². The number of hydrogen-bond acceptors (Lipinski definition) is 3. The number of halogens is 1. The van der Waals surface area contributed by atoms with Gasteiger partial charge in [0.25, 0.3) is 0 Å². The summed E-state index contributed by atoms with van der Waals surface area (Å²) < 4.78 is 0. The second-order valence-corrected chi connectivity index (χ2v) is 5.81. The van der Waals surface area contributed by atoms with Crippen molar-refractivity contribution in [1.82, 2.24) is 0 Å². The molecule has 0 unspecified atom stereocenters. The van der Waals surface area contributed by atoms with E-state index in [-0.39, 0.29) is 5.75 Å². The molecule has 0 fully saturated rings. The van der Waals surface area contributed by atoms with E-state index in [4.69, 9.17) is 16.9 Å². The van der Waals surface area contributed by atoms with Crippen molar-refractivity contribution in [3.8, 4) is 11.8 Å². The van der Waals surface area contributed by atoms with Crippen LogP contribution < -0.4 is 5.32 Å². The van der Waals surface area contributed by atoms with Crippen molar-refractivity contribution in [3.63, 3.8) is 0 Å². The average Bonchev–Trinajstić information content (AvgIpc) is 2.47. The summed E-state index contributed by atoms with van der Waals surface area (Å²) in [5.41, 5.74) is 2.04. The van der Waals surface area contributed by atoms with Crippen LogP contribution in [0.25, 0.3) is 0 Å². The molecular weight excluding hydrogens is 284 g/mol. The summed E-state index contributed by atoms with van der Waals surface area (Å²) in [5.74, 6) is 0.178. The van der Waals surface area contributed by atoms with Gasteiger partial charge in [-0.25, -0.2) is 0 Å². The molecule has 0 saturated carbocycles. The highest BCUT2D eigenvalue weighted by Crippen LogP contribution is 2.27. The van der Waals surface area contributed by atoms with Crippen LogP contribution in [-0.2, 0) is 12.0 Å². The standard InChI is InChI=1S/C17H17ClN2O/c1-17(2,11-19)12-6-8-13(9-7-12)20-10-14-15(18)4-3-5-16(14)21/h3-9,20-21H,10H2,1-2H3. The van der Waals surface area contributed by atoms with Crippen molar-refractivity contribution in [2.75, 3.05) is 5.32 Å². The minimum atomic E-state index is -0.500. The molecular formula is C17H17ClN2O. The van der Waals surface area contributed by atoms with Crippen molar-refractivity contribution in [2.24, 2.45) is 0 Å². The summed E-state index contributed by atoms with van der Waals surface area (Å²) in [6.45, 7) is 4.21. The molecule has 108 valence electrons. The predicted octanol–water partition coefficient (Wildman–Crippen LogP) is 4.46. The first-order chi connectivity index (χ1) is 9.94. The molecule has 0 amide bonds. The lowest BCUT2D eigenvalue weighted by atomic mass is 9.86. The zero-order valence-corrected chi connectivity index (χ0v) is 12.8. The number of phenolic OH excluding ortho intramolecular Hbond substituents is 1. The number of nitriles is 1. The van der Waals surface area contributed by atoms with Crippen molar-refractivity contribution in [2.45, 2.75) is 25.8 Å². The Morgan fingerprint density at radius 3 is 2.43 bits per heavy atom. The topological polar surface area (TPSA) is 56.0 Å². The van der Waals surface area contributed by atoms with Crippen LogP contribution in [0.2, 0.25) is 5.02 Å². The molecule has 0 aliphatic rings. The largest absolute Gasteiger partial charge is 0.508 e. The van der Waals surface area contributed by atoms with Gasteiger partial charge in [0.1, 0.15) is 5.75 Å². The van der Waals surface area contributed by atoms with Gasteiger partial charge in [-0.1, -0.05) is 29.8 Å². The fraction of sp³-hybridized carbons (Fsp3) is 0.235. The van der Waals surface area contributed by atoms with Crippen LogP contribution in [0.1, 0.15) is 25.0 Å². The number of nitrogens with one attached hydrogen (secondary N) is 1. The minimum absolute atomic E-state index is 0.178. The van der Waals surface area contributed by atoms with Crippen LogP contribution >= 0.6 is 11.6 Å². The van der Waals surface area contributed by atoms with Crippen molar-refractivity contribution >= 4 is 17.3 Å². The maximum absolute atomic E-state index is 9.79. The van der Waals surface area contributed by atoms with E-state index in [0.717, 1.165) is 11.3 Å². The summed E-state index contributed by atoms with van der Waals surface area (Å²) in [5, 5.41) is 22.7. The molecule has 0 radical (unpaired) electrons. The molecule has 0 aliphatic carbocycles. The molecule has 0 bridgehead atoms. The summed E-state index contributed by atoms with van der Waals surface area (Å²) in [7, 11) is 0. The average molecular weight is 301 g/mol. The molecule has 2 aromatic carbocycles. The second kappa shape index (κ2) is 6.07. The lowest BCUT2D eigenvalue weighted by Crippen LogP contribution is -2.13. The van der Waals surface area contributed by atoms with Crippen LogP contribution in [0.4, 0.5) is 5.69 Å². The quantitative estimate of drug-likeness (QED) is 0.876. The van der Waals surface area contributed by atoms with Gasteiger partial charge in [0.2, 0.25) is 0 Å². The summed E-state index contributed by atoms with van der Waals surface area (Å²) in [4.78, 5) is 0. The molecule has 2 rings (SSSR count).